The van der Waals surface area contributed by atoms with Crippen molar-refractivity contribution in [3.63, 3.8) is 0 Å². The van der Waals surface area contributed by atoms with E-state index >= 15 is 0 Å². The highest BCUT2D eigenvalue weighted by atomic mass is 19.1. The average molecular weight is 251 g/mol. The van der Waals surface area contributed by atoms with Gasteiger partial charge in [0.2, 0.25) is 5.91 Å². The molecule has 0 spiro atoms. The molecule has 0 radical (unpaired) electrons. The molecule has 0 atom stereocenters. The minimum atomic E-state index is -0.272. The fourth-order valence-electron chi connectivity index (χ4n) is 2.13. The monoisotopic (exact) mass is 251 g/mol. The summed E-state index contributed by atoms with van der Waals surface area (Å²) in [4.78, 5) is 11.7. The van der Waals surface area contributed by atoms with Crippen LogP contribution in [0.2, 0.25) is 0 Å². The largest absolute Gasteiger partial charge is 0.381 e. The number of ether oxygens (including phenoxy) is 1. The summed E-state index contributed by atoms with van der Waals surface area (Å²) in [6.07, 6.45) is 2.44. The Labute approximate surface area is 106 Å². The van der Waals surface area contributed by atoms with Gasteiger partial charge in [-0.15, -0.1) is 0 Å². The van der Waals surface area contributed by atoms with Crippen molar-refractivity contribution < 1.29 is 13.9 Å². The zero-order valence-corrected chi connectivity index (χ0v) is 10.3. The molecule has 1 aromatic carbocycles. The molecule has 98 valence electrons. The second-order valence-electron chi connectivity index (χ2n) is 4.67. The van der Waals surface area contributed by atoms with Crippen LogP contribution >= 0.6 is 0 Å². The van der Waals surface area contributed by atoms with Crippen molar-refractivity contribution in [2.45, 2.75) is 25.8 Å². The van der Waals surface area contributed by atoms with Gasteiger partial charge in [0.05, 0.1) is 0 Å². The molecule has 1 aromatic rings. The molecule has 1 amide bonds. The lowest BCUT2D eigenvalue weighted by atomic mass is 9.96. The Morgan fingerprint density at radius 3 is 2.89 bits per heavy atom. The zero-order valence-electron chi connectivity index (χ0n) is 10.3. The lowest BCUT2D eigenvalue weighted by Crippen LogP contribution is -2.27. The molecule has 0 aromatic heterocycles. The number of hydrogen-bond acceptors (Lipinski definition) is 2. The summed E-state index contributed by atoms with van der Waals surface area (Å²) < 4.78 is 18.2. The lowest BCUT2D eigenvalue weighted by molar-refractivity contribution is -0.122. The van der Waals surface area contributed by atoms with E-state index in [1.165, 1.54) is 12.1 Å². The molecule has 1 saturated heterocycles. The first-order valence-corrected chi connectivity index (χ1v) is 6.33. The van der Waals surface area contributed by atoms with E-state index in [1.54, 1.807) is 12.1 Å². The van der Waals surface area contributed by atoms with Gasteiger partial charge < -0.3 is 10.1 Å². The maximum Gasteiger partial charge on any atom is 0.220 e. The summed E-state index contributed by atoms with van der Waals surface area (Å²) in [5, 5.41) is 2.83. The normalized spacial score (nSPS) is 16.5. The van der Waals surface area contributed by atoms with E-state index in [0.717, 1.165) is 31.6 Å². The lowest BCUT2D eigenvalue weighted by Gasteiger charge is -2.21. The standard InChI is InChI=1S/C14H18FNO2/c15-13-3-1-2-12(8-13)10-16-14(17)9-11-4-6-18-7-5-11/h1-3,8,11H,4-7,9-10H2,(H,16,17). The van der Waals surface area contributed by atoms with Gasteiger partial charge in [-0.1, -0.05) is 12.1 Å². The molecule has 3 nitrogen and oxygen atoms in total. The van der Waals surface area contributed by atoms with E-state index in [9.17, 15) is 9.18 Å². The van der Waals surface area contributed by atoms with Crippen LogP contribution in [0.15, 0.2) is 24.3 Å². The van der Waals surface area contributed by atoms with Gasteiger partial charge in [0, 0.05) is 26.2 Å². The first kappa shape index (κ1) is 13.0. The number of carbonyl (C=O) groups excluding carboxylic acids is 1. The highest BCUT2D eigenvalue weighted by molar-refractivity contribution is 5.76. The predicted molar refractivity (Wildman–Crippen MR) is 66.4 cm³/mol. The van der Waals surface area contributed by atoms with Crippen molar-refractivity contribution in [1.82, 2.24) is 5.32 Å². The fourth-order valence-corrected chi connectivity index (χ4v) is 2.13. The summed E-state index contributed by atoms with van der Waals surface area (Å²) in [6.45, 7) is 1.89. The molecule has 1 heterocycles. The maximum absolute atomic E-state index is 12.9. The topological polar surface area (TPSA) is 38.3 Å². The van der Waals surface area contributed by atoms with Gasteiger partial charge in [-0.05, 0) is 36.5 Å². The van der Waals surface area contributed by atoms with Crippen LogP contribution in [0.5, 0.6) is 0 Å². The van der Waals surface area contributed by atoms with Gasteiger partial charge in [0.1, 0.15) is 5.82 Å². The second kappa shape index (κ2) is 6.50. The minimum Gasteiger partial charge on any atom is -0.381 e. The Balaban J connectivity index is 1.74. The summed E-state index contributed by atoms with van der Waals surface area (Å²) in [5.74, 6) is 0.184. The molecule has 2 rings (SSSR count). The third-order valence-corrected chi connectivity index (χ3v) is 3.19. The van der Waals surface area contributed by atoms with E-state index in [4.69, 9.17) is 4.74 Å². The molecule has 1 aliphatic heterocycles. The quantitative estimate of drug-likeness (QED) is 0.891. The van der Waals surface area contributed by atoms with Gasteiger partial charge in [-0.25, -0.2) is 4.39 Å². The van der Waals surface area contributed by atoms with Crippen molar-refractivity contribution in [3.8, 4) is 0 Å². The number of benzene rings is 1. The van der Waals surface area contributed by atoms with E-state index in [2.05, 4.69) is 5.32 Å². The first-order chi connectivity index (χ1) is 8.74. The van der Waals surface area contributed by atoms with Crippen LogP contribution in [0.3, 0.4) is 0 Å². The van der Waals surface area contributed by atoms with Crippen molar-refractivity contribution >= 4 is 5.91 Å². The highest BCUT2D eigenvalue weighted by Crippen LogP contribution is 2.18. The summed E-state index contributed by atoms with van der Waals surface area (Å²) in [6, 6.07) is 6.29. The van der Waals surface area contributed by atoms with Crippen LogP contribution in [-0.2, 0) is 16.1 Å². The number of hydrogen-bond donors (Lipinski definition) is 1. The number of nitrogens with one attached hydrogen (secondary N) is 1. The highest BCUT2D eigenvalue weighted by Gasteiger charge is 2.17. The minimum absolute atomic E-state index is 0.0335. The third-order valence-electron chi connectivity index (χ3n) is 3.19. The third kappa shape index (κ3) is 4.11. The van der Waals surface area contributed by atoms with Gasteiger partial charge in [-0.2, -0.15) is 0 Å². The molecule has 1 aliphatic rings. The number of rotatable bonds is 4. The molecule has 0 aliphatic carbocycles. The summed E-state index contributed by atoms with van der Waals surface area (Å²) in [7, 11) is 0. The molecule has 4 heteroatoms. The maximum atomic E-state index is 12.9. The Hall–Kier alpha value is -1.42. The van der Waals surface area contributed by atoms with Crippen molar-refractivity contribution in [3.05, 3.63) is 35.6 Å². The van der Waals surface area contributed by atoms with Gasteiger partial charge >= 0.3 is 0 Å². The van der Waals surface area contributed by atoms with Crippen LogP contribution in [0, 0.1) is 11.7 Å². The second-order valence-corrected chi connectivity index (χ2v) is 4.67. The van der Waals surface area contributed by atoms with Crippen LogP contribution in [0.25, 0.3) is 0 Å². The molecule has 0 unspecified atom stereocenters. The Kier molecular flexibility index (Phi) is 4.70. The molecular weight excluding hydrogens is 233 g/mol. The van der Waals surface area contributed by atoms with Gasteiger partial charge in [0.25, 0.3) is 0 Å². The Bertz CT molecular complexity index is 403. The zero-order chi connectivity index (χ0) is 12.8. The van der Waals surface area contributed by atoms with Crippen molar-refractivity contribution in [1.29, 1.82) is 0 Å². The molecule has 1 N–H and O–H groups in total. The van der Waals surface area contributed by atoms with Crippen LogP contribution in [0.1, 0.15) is 24.8 Å². The van der Waals surface area contributed by atoms with Crippen LogP contribution in [-0.4, -0.2) is 19.1 Å². The van der Waals surface area contributed by atoms with Crippen LogP contribution in [0.4, 0.5) is 4.39 Å². The SMILES string of the molecule is O=C(CC1CCOCC1)NCc1cccc(F)c1. The average Bonchev–Trinajstić information content (AvgIpc) is 2.38. The summed E-state index contributed by atoms with van der Waals surface area (Å²) >= 11 is 0. The first-order valence-electron chi connectivity index (χ1n) is 6.33. The van der Waals surface area contributed by atoms with Crippen molar-refractivity contribution in [2.24, 2.45) is 5.92 Å². The Morgan fingerprint density at radius 2 is 2.17 bits per heavy atom. The fraction of sp³-hybridized carbons (Fsp3) is 0.500. The van der Waals surface area contributed by atoms with E-state index in [1.807, 2.05) is 0 Å². The van der Waals surface area contributed by atoms with E-state index < -0.39 is 0 Å². The molecule has 18 heavy (non-hydrogen) atoms. The number of halogens is 1. The molecule has 1 fully saturated rings. The number of amides is 1. The van der Waals surface area contributed by atoms with Crippen molar-refractivity contribution in [2.75, 3.05) is 13.2 Å². The number of carbonyl (C=O) groups is 1. The van der Waals surface area contributed by atoms with Crippen LogP contribution < -0.4 is 5.32 Å². The van der Waals surface area contributed by atoms with Gasteiger partial charge in [0.15, 0.2) is 0 Å². The smallest absolute Gasteiger partial charge is 0.220 e. The Morgan fingerprint density at radius 1 is 1.39 bits per heavy atom. The predicted octanol–water partition coefficient (Wildman–Crippen LogP) is 2.26. The van der Waals surface area contributed by atoms with Gasteiger partial charge in [-0.3, -0.25) is 4.79 Å². The molecule has 0 bridgehead atoms. The molecular formula is C14H18FNO2. The summed E-state index contributed by atoms with van der Waals surface area (Å²) in [5.41, 5.74) is 0.787. The van der Waals surface area contributed by atoms with E-state index in [0.29, 0.717) is 18.9 Å². The van der Waals surface area contributed by atoms with E-state index in [-0.39, 0.29) is 11.7 Å². The molecule has 0 saturated carbocycles.